The van der Waals surface area contributed by atoms with Crippen molar-refractivity contribution in [3.63, 3.8) is 0 Å². The Kier molecular flexibility index (Phi) is 15.0. The number of hydrogen-bond acceptors (Lipinski definition) is 3. The fourth-order valence-corrected chi connectivity index (χ4v) is 1.35. The molecule has 1 heterocycles. The van der Waals surface area contributed by atoms with Crippen LogP contribution in [0.15, 0.2) is 0 Å². The zero-order valence-electron chi connectivity index (χ0n) is 10.6. The number of likely N-dealkylation sites (tertiary alicyclic amines) is 1. The Morgan fingerprint density at radius 1 is 1.07 bits per heavy atom. The second kappa shape index (κ2) is 12.9. The molecule has 0 unspecified atom stereocenters. The summed E-state index contributed by atoms with van der Waals surface area (Å²) in [6.45, 7) is 9.12. The van der Waals surface area contributed by atoms with Gasteiger partial charge in [-0.15, -0.1) is 0 Å². The number of nitrogens with zero attached hydrogens (tertiary/aromatic N) is 2. The molecule has 0 aromatic carbocycles. The van der Waals surface area contributed by atoms with E-state index in [4.69, 9.17) is 5.11 Å². The standard InChI is InChI=1S/C8H18N2.C2H6.CH4O/c1-9(2)7-8-10-5-3-4-6-10;2*1-2/h3-8H2,1-2H3;1-2H3;2H,1H3. The minimum Gasteiger partial charge on any atom is -0.400 e. The highest BCUT2D eigenvalue weighted by Gasteiger charge is 2.10. The van der Waals surface area contributed by atoms with Crippen LogP contribution in [0.5, 0.6) is 0 Å². The normalized spacial score (nSPS) is 15.6. The van der Waals surface area contributed by atoms with Crippen LogP contribution in [0.3, 0.4) is 0 Å². The lowest BCUT2D eigenvalue weighted by molar-refractivity contribution is 0.284. The molecular formula is C11H28N2O. The third kappa shape index (κ3) is 9.96. The number of aliphatic hydroxyl groups is 1. The summed E-state index contributed by atoms with van der Waals surface area (Å²) in [6.07, 6.45) is 2.82. The predicted octanol–water partition coefficient (Wildman–Crippen LogP) is 1.28. The van der Waals surface area contributed by atoms with E-state index in [9.17, 15) is 0 Å². The van der Waals surface area contributed by atoms with E-state index >= 15 is 0 Å². The summed E-state index contributed by atoms with van der Waals surface area (Å²) >= 11 is 0. The second-order valence-electron chi connectivity index (χ2n) is 3.35. The lowest BCUT2D eigenvalue weighted by Gasteiger charge is -2.17. The van der Waals surface area contributed by atoms with Gasteiger partial charge in [-0.2, -0.15) is 0 Å². The summed E-state index contributed by atoms with van der Waals surface area (Å²) in [5.41, 5.74) is 0. The average molecular weight is 204 g/mol. The molecule has 88 valence electrons. The Hall–Kier alpha value is -0.120. The molecule has 0 aliphatic carbocycles. The van der Waals surface area contributed by atoms with Crippen molar-refractivity contribution in [2.24, 2.45) is 0 Å². The van der Waals surface area contributed by atoms with Crippen molar-refractivity contribution in [2.75, 3.05) is 47.4 Å². The molecule has 0 amide bonds. The van der Waals surface area contributed by atoms with Crippen molar-refractivity contribution in [1.29, 1.82) is 0 Å². The van der Waals surface area contributed by atoms with E-state index in [1.54, 1.807) is 0 Å². The van der Waals surface area contributed by atoms with Crippen LogP contribution in [0.1, 0.15) is 26.7 Å². The third-order valence-corrected chi connectivity index (χ3v) is 2.06. The smallest absolute Gasteiger partial charge is 0.0319 e. The van der Waals surface area contributed by atoms with Gasteiger partial charge in [-0.25, -0.2) is 0 Å². The van der Waals surface area contributed by atoms with Crippen LogP contribution in [0.25, 0.3) is 0 Å². The van der Waals surface area contributed by atoms with Crippen molar-refractivity contribution in [3.8, 4) is 0 Å². The van der Waals surface area contributed by atoms with Crippen LogP contribution in [0.4, 0.5) is 0 Å². The highest BCUT2D eigenvalue weighted by Crippen LogP contribution is 2.05. The van der Waals surface area contributed by atoms with Crippen LogP contribution in [0, 0.1) is 0 Å². The van der Waals surface area contributed by atoms with Gasteiger partial charge in [0.1, 0.15) is 0 Å². The van der Waals surface area contributed by atoms with E-state index in [0.29, 0.717) is 0 Å². The molecule has 0 bridgehead atoms. The minimum atomic E-state index is 1.00. The van der Waals surface area contributed by atoms with Crippen LogP contribution >= 0.6 is 0 Å². The molecule has 0 saturated carbocycles. The van der Waals surface area contributed by atoms with Crippen LogP contribution in [-0.4, -0.2) is 62.3 Å². The van der Waals surface area contributed by atoms with Crippen molar-refractivity contribution in [3.05, 3.63) is 0 Å². The van der Waals surface area contributed by atoms with Gasteiger partial charge in [0, 0.05) is 20.2 Å². The highest BCUT2D eigenvalue weighted by atomic mass is 16.2. The van der Waals surface area contributed by atoms with Gasteiger partial charge in [0.2, 0.25) is 0 Å². The van der Waals surface area contributed by atoms with Crippen LogP contribution < -0.4 is 0 Å². The lowest BCUT2D eigenvalue weighted by atomic mass is 10.4. The van der Waals surface area contributed by atoms with Crippen molar-refractivity contribution in [1.82, 2.24) is 9.80 Å². The molecule has 14 heavy (non-hydrogen) atoms. The summed E-state index contributed by atoms with van der Waals surface area (Å²) < 4.78 is 0. The van der Waals surface area contributed by atoms with Crippen LogP contribution in [-0.2, 0) is 0 Å². The first kappa shape index (κ1) is 16.3. The number of likely N-dealkylation sites (N-methyl/N-ethyl adjacent to an activating group) is 1. The van der Waals surface area contributed by atoms with E-state index in [1.807, 2.05) is 13.8 Å². The maximum absolute atomic E-state index is 7.00. The first-order valence-electron chi connectivity index (χ1n) is 5.61. The Balaban J connectivity index is 0. The summed E-state index contributed by atoms with van der Waals surface area (Å²) in [4.78, 5) is 4.79. The second-order valence-corrected chi connectivity index (χ2v) is 3.35. The molecule has 3 heteroatoms. The van der Waals surface area contributed by atoms with Crippen LogP contribution in [0.2, 0.25) is 0 Å². The summed E-state index contributed by atoms with van der Waals surface area (Å²) in [7, 11) is 5.27. The number of aliphatic hydroxyl groups excluding tert-OH is 1. The Morgan fingerprint density at radius 2 is 1.50 bits per heavy atom. The van der Waals surface area contributed by atoms with Gasteiger partial charge in [-0.05, 0) is 40.0 Å². The maximum Gasteiger partial charge on any atom is 0.0319 e. The largest absolute Gasteiger partial charge is 0.400 e. The molecule has 0 aromatic rings. The van der Waals surface area contributed by atoms with Crippen molar-refractivity contribution in [2.45, 2.75) is 26.7 Å². The Morgan fingerprint density at radius 3 is 1.86 bits per heavy atom. The highest BCUT2D eigenvalue weighted by molar-refractivity contribution is 4.66. The predicted molar refractivity (Wildman–Crippen MR) is 63.7 cm³/mol. The Bertz CT molecular complexity index is 91.3. The number of hydrogen-bond donors (Lipinski definition) is 1. The molecule has 1 fully saturated rings. The van der Waals surface area contributed by atoms with Gasteiger partial charge in [0.25, 0.3) is 0 Å². The van der Waals surface area contributed by atoms with Gasteiger partial charge in [0.15, 0.2) is 0 Å². The van der Waals surface area contributed by atoms with Gasteiger partial charge in [0.05, 0.1) is 0 Å². The molecule has 0 aromatic heterocycles. The number of rotatable bonds is 3. The molecule has 1 N–H and O–H groups in total. The first-order chi connectivity index (χ1) is 6.79. The topological polar surface area (TPSA) is 26.7 Å². The Labute approximate surface area is 89.7 Å². The van der Waals surface area contributed by atoms with Gasteiger partial charge >= 0.3 is 0 Å². The summed E-state index contributed by atoms with van der Waals surface area (Å²) in [5, 5.41) is 7.00. The van der Waals surface area contributed by atoms with Crippen molar-refractivity contribution < 1.29 is 5.11 Å². The molecule has 0 atom stereocenters. The average Bonchev–Trinajstić information content (AvgIpc) is 2.73. The maximum atomic E-state index is 7.00. The molecule has 3 nitrogen and oxygen atoms in total. The quantitative estimate of drug-likeness (QED) is 0.750. The zero-order valence-corrected chi connectivity index (χ0v) is 10.6. The fourth-order valence-electron chi connectivity index (χ4n) is 1.35. The first-order valence-corrected chi connectivity index (χ1v) is 5.61. The van der Waals surface area contributed by atoms with Gasteiger partial charge < -0.3 is 14.9 Å². The minimum absolute atomic E-state index is 1.00. The van der Waals surface area contributed by atoms with Gasteiger partial charge in [-0.3, -0.25) is 0 Å². The van der Waals surface area contributed by atoms with Crippen molar-refractivity contribution >= 4 is 0 Å². The molecule has 1 rings (SSSR count). The lowest BCUT2D eigenvalue weighted by Crippen LogP contribution is -2.29. The van der Waals surface area contributed by atoms with E-state index in [-0.39, 0.29) is 0 Å². The molecular weight excluding hydrogens is 176 g/mol. The van der Waals surface area contributed by atoms with E-state index in [0.717, 1.165) is 7.11 Å². The van der Waals surface area contributed by atoms with E-state index < -0.39 is 0 Å². The zero-order chi connectivity index (χ0) is 11.4. The SMILES string of the molecule is CC.CN(C)CCN1CCCC1.CO. The van der Waals surface area contributed by atoms with E-state index in [1.165, 1.54) is 39.0 Å². The molecule has 0 radical (unpaired) electrons. The van der Waals surface area contributed by atoms with E-state index in [2.05, 4.69) is 23.9 Å². The monoisotopic (exact) mass is 204 g/mol. The summed E-state index contributed by atoms with van der Waals surface area (Å²) in [5.74, 6) is 0. The van der Waals surface area contributed by atoms with Gasteiger partial charge in [-0.1, -0.05) is 13.8 Å². The summed E-state index contributed by atoms with van der Waals surface area (Å²) in [6, 6.07) is 0. The third-order valence-electron chi connectivity index (χ3n) is 2.06. The molecule has 1 saturated heterocycles. The molecule has 1 aliphatic rings. The molecule has 0 spiro atoms. The molecule has 1 aliphatic heterocycles. The fraction of sp³-hybridized carbons (Fsp3) is 1.00.